The number of aryl methyl sites for hydroxylation is 1. The molecule has 2 N–H and O–H groups in total. The van der Waals surface area contributed by atoms with Gasteiger partial charge in [0.25, 0.3) is 0 Å². The average Bonchev–Trinajstić information content (AvgIpc) is 3.50. The van der Waals surface area contributed by atoms with Gasteiger partial charge < -0.3 is 18.9 Å². The maximum absolute atomic E-state index is 13.5. The van der Waals surface area contributed by atoms with Gasteiger partial charge in [0.15, 0.2) is 17.2 Å². The fraction of sp³-hybridized carbons (Fsp3) is 0.214. The number of ether oxygens (including phenoxy) is 1. The molecular formula is C28H26N4O5. The minimum absolute atomic E-state index is 0.0652. The number of benzene rings is 2. The second-order valence-corrected chi connectivity index (χ2v) is 8.72. The molecule has 1 amide bonds. The van der Waals surface area contributed by atoms with E-state index in [1.54, 1.807) is 14.0 Å². The molecule has 0 saturated heterocycles. The second-order valence-electron chi connectivity index (χ2n) is 8.72. The van der Waals surface area contributed by atoms with Crippen LogP contribution in [0.3, 0.4) is 0 Å². The summed E-state index contributed by atoms with van der Waals surface area (Å²) in [6, 6.07) is 20.0. The van der Waals surface area contributed by atoms with E-state index in [2.05, 4.69) is 20.5 Å². The maximum atomic E-state index is 13.5. The predicted octanol–water partition coefficient (Wildman–Crippen LogP) is 4.27. The van der Waals surface area contributed by atoms with E-state index >= 15 is 0 Å². The van der Waals surface area contributed by atoms with Gasteiger partial charge >= 0.3 is 0 Å². The summed E-state index contributed by atoms with van der Waals surface area (Å²) in [5.74, 6) is 1.59. The van der Waals surface area contributed by atoms with Crippen molar-refractivity contribution < 1.29 is 18.4 Å². The highest BCUT2D eigenvalue weighted by Gasteiger charge is 2.25. The Balaban J connectivity index is 1.48. The zero-order valence-corrected chi connectivity index (χ0v) is 20.5. The Morgan fingerprint density at radius 2 is 1.78 bits per heavy atom. The van der Waals surface area contributed by atoms with Crippen molar-refractivity contribution in [2.75, 3.05) is 7.11 Å². The molecule has 5 aromatic rings. The highest BCUT2D eigenvalue weighted by Crippen LogP contribution is 2.33. The molecule has 5 rings (SSSR count). The van der Waals surface area contributed by atoms with Gasteiger partial charge in [0.05, 0.1) is 18.0 Å². The van der Waals surface area contributed by atoms with Crippen LogP contribution in [0.25, 0.3) is 22.5 Å². The molecule has 0 aliphatic carbocycles. The summed E-state index contributed by atoms with van der Waals surface area (Å²) in [7, 11) is 1.57. The van der Waals surface area contributed by atoms with Gasteiger partial charge in [-0.3, -0.25) is 14.7 Å². The lowest BCUT2D eigenvalue weighted by molar-refractivity contribution is -0.121. The lowest BCUT2D eigenvalue weighted by Gasteiger charge is -2.16. The normalized spacial score (nSPS) is 12.1. The lowest BCUT2D eigenvalue weighted by Crippen LogP contribution is -2.32. The molecular weight excluding hydrogens is 472 g/mol. The van der Waals surface area contributed by atoms with Gasteiger partial charge in [-0.15, -0.1) is 0 Å². The number of hydrogen-bond donors (Lipinski definition) is 2. The van der Waals surface area contributed by atoms with E-state index in [1.807, 2.05) is 60.7 Å². The van der Waals surface area contributed by atoms with Crippen LogP contribution in [0.4, 0.5) is 0 Å². The van der Waals surface area contributed by atoms with Crippen molar-refractivity contribution in [1.29, 1.82) is 0 Å². The van der Waals surface area contributed by atoms with Crippen LogP contribution in [0.15, 0.2) is 80.4 Å². The van der Waals surface area contributed by atoms with Crippen LogP contribution in [0.2, 0.25) is 0 Å². The van der Waals surface area contributed by atoms with Crippen LogP contribution in [0, 0.1) is 6.92 Å². The summed E-state index contributed by atoms with van der Waals surface area (Å²) < 4.78 is 17.0. The van der Waals surface area contributed by atoms with Crippen molar-refractivity contribution in [2.24, 2.45) is 0 Å². The van der Waals surface area contributed by atoms with Gasteiger partial charge in [0.1, 0.15) is 18.1 Å². The summed E-state index contributed by atoms with van der Waals surface area (Å²) in [4.78, 5) is 30.6. The molecule has 0 aliphatic rings. The average molecular weight is 499 g/mol. The van der Waals surface area contributed by atoms with E-state index in [0.29, 0.717) is 35.2 Å². The summed E-state index contributed by atoms with van der Waals surface area (Å²) >= 11 is 0. The van der Waals surface area contributed by atoms with E-state index in [4.69, 9.17) is 13.6 Å². The largest absolute Gasteiger partial charge is 0.457 e. The van der Waals surface area contributed by atoms with E-state index in [1.165, 1.54) is 6.07 Å². The van der Waals surface area contributed by atoms with Crippen LogP contribution in [-0.2, 0) is 29.0 Å². The van der Waals surface area contributed by atoms with E-state index in [0.717, 1.165) is 11.1 Å². The van der Waals surface area contributed by atoms with Crippen molar-refractivity contribution >= 4 is 17.1 Å². The summed E-state index contributed by atoms with van der Waals surface area (Å²) in [5, 5.41) is 10.2. The third kappa shape index (κ3) is 5.36. The SMILES string of the molecule is COCc1nc(C(Cc2ccccc2)NC(=O)Cc2c(-c3ccccc3)oc3c(=O)cc(C)oc23)n[nH]1. The predicted molar refractivity (Wildman–Crippen MR) is 137 cm³/mol. The van der Waals surface area contributed by atoms with Gasteiger partial charge in [-0.25, -0.2) is 4.98 Å². The Kier molecular flexibility index (Phi) is 6.96. The lowest BCUT2D eigenvalue weighted by atomic mass is 10.0. The Morgan fingerprint density at radius 1 is 1.05 bits per heavy atom. The number of amides is 1. The van der Waals surface area contributed by atoms with Crippen LogP contribution >= 0.6 is 0 Å². The first kappa shape index (κ1) is 24.2. The topological polar surface area (TPSA) is 123 Å². The maximum Gasteiger partial charge on any atom is 0.228 e. The Labute approximate surface area is 212 Å². The van der Waals surface area contributed by atoms with Crippen molar-refractivity contribution in [1.82, 2.24) is 20.5 Å². The number of methoxy groups -OCH3 is 1. The molecule has 37 heavy (non-hydrogen) atoms. The summed E-state index contributed by atoms with van der Waals surface area (Å²) in [6.45, 7) is 1.97. The first-order chi connectivity index (χ1) is 18.0. The number of carbonyl (C=O) groups excluding carboxylic acids is 1. The number of carbonyl (C=O) groups is 1. The van der Waals surface area contributed by atoms with Gasteiger partial charge in [-0.1, -0.05) is 60.7 Å². The molecule has 9 heteroatoms. The van der Waals surface area contributed by atoms with Crippen molar-refractivity contribution in [2.45, 2.75) is 32.4 Å². The number of furan rings is 1. The standard InChI is InChI=1S/C28H26N4O5/c1-17-13-22(33)27-26(36-17)20(25(37-27)19-11-7-4-8-12-19)15-24(34)29-21(14-18-9-5-3-6-10-18)28-30-23(16-35-2)31-32-28/h3-13,21H,14-16H2,1-2H3,(H,29,34)(H,30,31,32). The van der Waals surface area contributed by atoms with E-state index in [-0.39, 0.29) is 35.5 Å². The highest BCUT2D eigenvalue weighted by atomic mass is 16.5. The van der Waals surface area contributed by atoms with Crippen LogP contribution in [0.5, 0.6) is 0 Å². The molecule has 1 atom stereocenters. The monoisotopic (exact) mass is 498 g/mol. The van der Waals surface area contributed by atoms with Gasteiger partial charge in [-0.05, 0) is 12.5 Å². The number of rotatable bonds is 9. The van der Waals surface area contributed by atoms with Crippen molar-refractivity contribution in [3.63, 3.8) is 0 Å². The molecule has 3 aromatic heterocycles. The molecule has 3 heterocycles. The molecule has 0 spiro atoms. The summed E-state index contributed by atoms with van der Waals surface area (Å²) in [6.07, 6.45) is 0.424. The highest BCUT2D eigenvalue weighted by molar-refractivity contribution is 5.90. The zero-order chi connectivity index (χ0) is 25.8. The number of H-pyrrole nitrogens is 1. The van der Waals surface area contributed by atoms with Gasteiger partial charge in [0, 0.05) is 25.2 Å². The molecule has 0 aliphatic heterocycles. The fourth-order valence-corrected chi connectivity index (χ4v) is 4.27. The first-order valence-corrected chi connectivity index (χ1v) is 11.9. The van der Waals surface area contributed by atoms with E-state index < -0.39 is 6.04 Å². The Hall–Kier alpha value is -4.50. The molecule has 9 nitrogen and oxygen atoms in total. The summed E-state index contributed by atoms with van der Waals surface area (Å²) in [5.41, 5.74) is 2.34. The third-order valence-corrected chi connectivity index (χ3v) is 5.91. The molecule has 188 valence electrons. The number of nitrogens with zero attached hydrogens (tertiary/aromatic N) is 2. The smallest absolute Gasteiger partial charge is 0.228 e. The molecule has 1 unspecified atom stereocenters. The molecule has 0 radical (unpaired) electrons. The Bertz CT molecular complexity index is 1570. The second kappa shape index (κ2) is 10.6. The number of aromatic nitrogens is 3. The molecule has 0 fully saturated rings. The molecule has 0 bridgehead atoms. The Morgan fingerprint density at radius 3 is 2.51 bits per heavy atom. The minimum atomic E-state index is -0.496. The zero-order valence-electron chi connectivity index (χ0n) is 20.5. The molecule has 2 aromatic carbocycles. The third-order valence-electron chi connectivity index (χ3n) is 5.91. The minimum Gasteiger partial charge on any atom is -0.457 e. The van der Waals surface area contributed by atoms with Gasteiger partial charge in [0.2, 0.25) is 16.9 Å². The quantitative estimate of drug-likeness (QED) is 0.311. The van der Waals surface area contributed by atoms with Crippen molar-refractivity contribution in [3.05, 3.63) is 105 Å². The number of hydrogen-bond acceptors (Lipinski definition) is 7. The fourth-order valence-electron chi connectivity index (χ4n) is 4.27. The van der Waals surface area contributed by atoms with Crippen LogP contribution in [-0.4, -0.2) is 28.2 Å². The number of aromatic amines is 1. The van der Waals surface area contributed by atoms with Crippen LogP contribution < -0.4 is 10.7 Å². The first-order valence-electron chi connectivity index (χ1n) is 11.9. The number of fused-ring (bicyclic) bond motifs is 1. The van der Waals surface area contributed by atoms with Gasteiger partial charge in [-0.2, -0.15) is 5.10 Å². The van der Waals surface area contributed by atoms with Crippen LogP contribution in [0.1, 0.15) is 34.6 Å². The number of nitrogens with one attached hydrogen (secondary N) is 2. The molecule has 0 saturated carbocycles. The van der Waals surface area contributed by atoms with E-state index in [9.17, 15) is 9.59 Å². The van der Waals surface area contributed by atoms with Crippen molar-refractivity contribution in [3.8, 4) is 11.3 Å².